The monoisotopic (exact) mass is 274 g/mol. The fourth-order valence-electron chi connectivity index (χ4n) is 2.19. The number of carbonyl (C=O) groups is 1. The molecular formula is C15H18N2O3. The summed E-state index contributed by atoms with van der Waals surface area (Å²) in [6.45, 7) is -0.503. The Morgan fingerprint density at radius 3 is 2.65 bits per heavy atom. The Balaban J connectivity index is 2.48. The van der Waals surface area contributed by atoms with Crippen LogP contribution in [0.15, 0.2) is 36.4 Å². The van der Waals surface area contributed by atoms with Crippen molar-refractivity contribution < 1.29 is 14.6 Å². The minimum Gasteiger partial charge on any atom is -0.496 e. The third-order valence-electron chi connectivity index (χ3n) is 3.40. The summed E-state index contributed by atoms with van der Waals surface area (Å²) in [6.07, 6.45) is 0.153. The SMILES string of the molecule is COc1cc(C[C@](N)(CO)C(N)=O)cc2ccccc12. The molecule has 0 radical (unpaired) electrons. The molecule has 0 heterocycles. The van der Waals surface area contributed by atoms with Gasteiger partial charge in [-0.2, -0.15) is 0 Å². The van der Waals surface area contributed by atoms with Crippen LogP contribution < -0.4 is 16.2 Å². The van der Waals surface area contributed by atoms with E-state index in [-0.39, 0.29) is 6.42 Å². The molecule has 0 aliphatic heterocycles. The topological polar surface area (TPSA) is 98.6 Å². The van der Waals surface area contributed by atoms with E-state index in [2.05, 4.69) is 0 Å². The third-order valence-corrected chi connectivity index (χ3v) is 3.40. The number of hydrogen-bond acceptors (Lipinski definition) is 4. The van der Waals surface area contributed by atoms with Gasteiger partial charge in [-0.05, 0) is 17.0 Å². The van der Waals surface area contributed by atoms with Crippen LogP contribution in [-0.4, -0.2) is 30.3 Å². The van der Waals surface area contributed by atoms with E-state index in [9.17, 15) is 9.90 Å². The number of aliphatic hydroxyl groups excluding tert-OH is 1. The van der Waals surface area contributed by atoms with Crippen LogP contribution in [0.4, 0.5) is 0 Å². The molecule has 0 aromatic heterocycles. The van der Waals surface area contributed by atoms with E-state index in [1.54, 1.807) is 7.11 Å². The quantitative estimate of drug-likeness (QED) is 0.742. The summed E-state index contributed by atoms with van der Waals surface area (Å²) in [7, 11) is 1.58. The van der Waals surface area contributed by atoms with Crippen molar-refractivity contribution in [1.82, 2.24) is 0 Å². The molecule has 2 aromatic rings. The van der Waals surface area contributed by atoms with E-state index < -0.39 is 18.1 Å². The second kappa shape index (κ2) is 5.48. The second-order valence-electron chi connectivity index (χ2n) is 4.87. The Bertz CT molecular complexity index is 642. The lowest BCUT2D eigenvalue weighted by molar-refractivity contribution is -0.124. The van der Waals surface area contributed by atoms with Crippen molar-refractivity contribution in [2.45, 2.75) is 12.0 Å². The van der Waals surface area contributed by atoms with Crippen LogP contribution in [-0.2, 0) is 11.2 Å². The average Bonchev–Trinajstić information content (AvgIpc) is 2.46. The van der Waals surface area contributed by atoms with Crippen molar-refractivity contribution in [1.29, 1.82) is 0 Å². The van der Waals surface area contributed by atoms with E-state index in [4.69, 9.17) is 16.2 Å². The summed E-state index contributed by atoms with van der Waals surface area (Å²) < 4.78 is 5.36. The molecule has 5 heteroatoms. The van der Waals surface area contributed by atoms with Crippen molar-refractivity contribution in [3.8, 4) is 5.75 Å². The molecule has 0 aliphatic rings. The van der Waals surface area contributed by atoms with Crippen molar-refractivity contribution >= 4 is 16.7 Å². The lowest BCUT2D eigenvalue weighted by Gasteiger charge is -2.23. The number of benzene rings is 2. The van der Waals surface area contributed by atoms with Gasteiger partial charge in [-0.1, -0.05) is 30.3 Å². The molecule has 0 spiro atoms. The van der Waals surface area contributed by atoms with E-state index >= 15 is 0 Å². The summed E-state index contributed by atoms with van der Waals surface area (Å²) in [6, 6.07) is 11.5. The van der Waals surface area contributed by atoms with E-state index in [0.29, 0.717) is 5.75 Å². The Morgan fingerprint density at radius 2 is 2.05 bits per heavy atom. The van der Waals surface area contributed by atoms with Crippen LogP contribution >= 0.6 is 0 Å². The zero-order valence-electron chi connectivity index (χ0n) is 11.3. The molecule has 0 aliphatic carbocycles. The number of carbonyl (C=O) groups excluding carboxylic acids is 1. The summed E-state index contributed by atoms with van der Waals surface area (Å²) >= 11 is 0. The van der Waals surface area contributed by atoms with Gasteiger partial charge < -0.3 is 21.3 Å². The number of fused-ring (bicyclic) bond motifs is 1. The number of amides is 1. The maximum absolute atomic E-state index is 11.4. The second-order valence-corrected chi connectivity index (χ2v) is 4.87. The van der Waals surface area contributed by atoms with Gasteiger partial charge in [-0.15, -0.1) is 0 Å². The highest BCUT2D eigenvalue weighted by atomic mass is 16.5. The number of aliphatic hydroxyl groups is 1. The van der Waals surface area contributed by atoms with E-state index in [1.165, 1.54) is 0 Å². The molecule has 20 heavy (non-hydrogen) atoms. The number of nitrogens with two attached hydrogens (primary N) is 2. The maximum Gasteiger partial charge on any atom is 0.240 e. The van der Waals surface area contributed by atoms with Crippen LogP contribution in [0.5, 0.6) is 5.75 Å². The molecular weight excluding hydrogens is 256 g/mol. The molecule has 1 amide bonds. The zero-order valence-corrected chi connectivity index (χ0v) is 11.3. The van der Waals surface area contributed by atoms with Gasteiger partial charge in [-0.25, -0.2) is 0 Å². The Morgan fingerprint density at radius 1 is 1.35 bits per heavy atom. The van der Waals surface area contributed by atoms with Gasteiger partial charge in [0, 0.05) is 11.8 Å². The summed E-state index contributed by atoms with van der Waals surface area (Å²) in [4.78, 5) is 11.4. The van der Waals surface area contributed by atoms with Gasteiger partial charge in [0.2, 0.25) is 5.91 Å². The minimum atomic E-state index is -1.46. The molecule has 0 unspecified atom stereocenters. The van der Waals surface area contributed by atoms with Gasteiger partial charge in [-0.3, -0.25) is 4.79 Å². The number of primary amides is 1. The van der Waals surface area contributed by atoms with Crippen molar-refractivity contribution in [3.63, 3.8) is 0 Å². The highest BCUT2D eigenvalue weighted by Gasteiger charge is 2.31. The smallest absolute Gasteiger partial charge is 0.240 e. The van der Waals surface area contributed by atoms with E-state index in [1.807, 2.05) is 36.4 Å². The third kappa shape index (κ3) is 2.59. The van der Waals surface area contributed by atoms with Gasteiger partial charge in [0.15, 0.2) is 0 Å². The largest absolute Gasteiger partial charge is 0.496 e. The van der Waals surface area contributed by atoms with Gasteiger partial charge >= 0.3 is 0 Å². The molecule has 0 fully saturated rings. The zero-order chi connectivity index (χ0) is 14.8. The highest BCUT2D eigenvalue weighted by Crippen LogP contribution is 2.28. The lowest BCUT2D eigenvalue weighted by Crippen LogP contribution is -2.56. The summed E-state index contributed by atoms with van der Waals surface area (Å²) in [5.41, 5.74) is 10.4. The average molecular weight is 274 g/mol. The molecule has 0 saturated carbocycles. The normalized spacial score (nSPS) is 13.9. The van der Waals surface area contributed by atoms with Gasteiger partial charge in [0.05, 0.1) is 13.7 Å². The van der Waals surface area contributed by atoms with Crippen LogP contribution in [0.25, 0.3) is 10.8 Å². The van der Waals surface area contributed by atoms with Crippen LogP contribution in [0.2, 0.25) is 0 Å². The predicted molar refractivity (Wildman–Crippen MR) is 77.4 cm³/mol. The molecule has 1 atom stereocenters. The highest BCUT2D eigenvalue weighted by molar-refractivity contribution is 5.90. The standard InChI is InChI=1S/C15H18N2O3/c1-20-13-7-10(8-15(17,9-18)14(16)19)6-11-4-2-3-5-12(11)13/h2-7,18H,8-9,17H2,1H3,(H2,16,19)/t15-/m0/s1. The number of ether oxygens (including phenoxy) is 1. The van der Waals surface area contributed by atoms with Crippen molar-refractivity contribution in [2.24, 2.45) is 11.5 Å². The molecule has 0 bridgehead atoms. The Hall–Kier alpha value is -2.11. The minimum absolute atomic E-state index is 0.153. The van der Waals surface area contributed by atoms with Crippen LogP contribution in [0, 0.1) is 0 Å². The predicted octanol–water partition coefficient (Wildman–Crippen LogP) is 0.566. The van der Waals surface area contributed by atoms with Crippen molar-refractivity contribution in [2.75, 3.05) is 13.7 Å². The first-order valence-corrected chi connectivity index (χ1v) is 6.25. The van der Waals surface area contributed by atoms with Crippen LogP contribution in [0.3, 0.4) is 0 Å². The van der Waals surface area contributed by atoms with E-state index in [0.717, 1.165) is 16.3 Å². The first kappa shape index (κ1) is 14.3. The van der Waals surface area contributed by atoms with Crippen molar-refractivity contribution in [3.05, 3.63) is 42.0 Å². The number of rotatable bonds is 5. The molecule has 106 valence electrons. The maximum atomic E-state index is 11.4. The Labute approximate surface area is 117 Å². The summed E-state index contributed by atoms with van der Waals surface area (Å²) in [5, 5.41) is 11.3. The molecule has 2 rings (SSSR count). The molecule has 5 N–H and O–H groups in total. The van der Waals surface area contributed by atoms with Crippen LogP contribution in [0.1, 0.15) is 5.56 Å². The number of hydrogen-bond donors (Lipinski definition) is 3. The number of methoxy groups -OCH3 is 1. The fourth-order valence-corrected chi connectivity index (χ4v) is 2.19. The van der Waals surface area contributed by atoms with Gasteiger partial charge in [0.25, 0.3) is 0 Å². The molecule has 0 saturated heterocycles. The first-order valence-electron chi connectivity index (χ1n) is 6.25. The molecule has 2 aromatic carbocycles. The fraction of sp³-hybridized carbons (Fsp3) is 0.267. The first-order chi connectivity index (χ1) is 9.50. The lowest BCUT2D eigenvalue weighted by atomic mass is 9.90. The van der Waals surface area contributed by atoms with Gasteiger partial charge in [0.1, 0.15) is 11.3 Å². The summed E-state index contributed by atoms with van der Waals surface area (Å²) in [5.74, 6) is -0.0324. The molecule has 5 nitrogen and oxygen atoms in total. The Kier molecular flexibility index (Phi) is 3.92.